The van der Waals surface area contributed by atoms with Crippen LogP contribution in [0.5, 0.6) is 0 Å². The lowest BCUT2D eigenvalue weighted by atomic mass is 9.79. The lowest BCUT2D eigenvalue weighted by molar-refractivity contribution is -0.110. The molecule has 0 N–H and O–H groups in total. The van der Waals surface area contributed by atoms with E-state index in [1.807, 2.05) is 7.11 Å². The third kappa shape index (κ3) is 2.33. The topological polar surface area (TPSA) is 15.7 Å². The van der Waals surface area contributed by atoms with Crippen LogP contribution in [0.25, 0.3) is 0 Å². The molecule has 2 saturated heterocycles. The van der Waals surface area contributed by atoms with Gasteiger partial charge in [-0.05, 0) is 45.6 Å². The lowest BCUT2D eigenvalue weighted by Gasteiger charge is -2.51. The molecule has 18 heavy (non-hydrogen) atoms. The highest BCUT2D eigenvalue weighted by molar-refractivity contribution is 4.97. The summed E-state index contributed by atoms with van der Waals surface area (Å²) in [6.45, 7) is 7.43. The highest BCUT2D eigenvalue weighted by atomic mass is 16.5. The van der Waals surface area contributed by atoms with Crippen molar-refractivity contribution in [1.29, 1.82) is 0 Å². The van der Waals surface area contributed by atoms with Gasteiger partial charge in [0, 0.05) is 38.8 Å². The van der Waals surface area contributed by atoms with Crippen LogP contribution in [-0.2, 0) is 4.74 Å². The molecule has 0 radical (unpaired) electrons. The Hall–Kier alpha value is -0.120. The maximum Gasteiger partial charge on any atom is 0.0805 e. The van der Waals surface area contributed by atoms with Gasteiger partial charge in [-0.15, -0.1) is 0 Å². The molecule has 0 aromatic carbocycles. The molecule has 2 unspecified atom stereocenters. The molecule has 2 atom stereocenters. The van der Waals surface area contributed by atoms with E-state index in [4.69, 9.17) is 4.74 Å². The van der Waals surface area contributed by atoms with Crippen LogP contribution in [0.3, 0.4) is 0 Å². The minimum Gasteiger partial charge on any atom is -0.377 e. The van der Waals surface area contributed by atoms with Gasteiger partial charge >= 0.3 is 0 Å². The predicted molar refractivity (Wildman–Crippen MR) is 73.8 cm³/mol. The summed E-state index contributed by atoms with van der Waals surface area (Å²) in [6.07, 6.45) is 8.13. The van der Waals surface area contributed by atoms with E-state index in [0.29, 0.717) is 6.04 Å². The van der Waals surface area contributed by atoms with Crippen LogP contribution in [0.15, 0.2) is 0 Å². The molecule has 2 aliphatic heterocycles. The average molecular weight is 252 g/mol. The quantitative estimate of drug-likeness (QED) is 0.765. The van der Waals surface area contributed by atoms with Gasteiger partial charge in [0.05, 0.1) is 5.60 Å². The summed E-state index contributed by atoms with van der Waals surface area (Å²) in [5, 5.41) is 0. The summed E-state index contributed by atoms with van der Waals surface area (Å²) in [5.74, 6) is 0. The molecule has 0 aromatic rings. The van der Waals surface area contributed by atoms with E-state index in [0.717, 1.165) is 12.6 Å². The van der Waals surface area contributed by atoms with E-state index in [2.05, 4.69) is 16.7 Å². The molecule has 0 bridgehead atoms. The zero-order chi connectivity index (χ0) is 12.6. The molecule has 3 fully saturated rings. The van der Waals surface area contributed by atoms with Gasteiger partial charge in [0.2, 0.25) is 0 Å². The van der Waals surface area contributed by atoms with E-state index in [1.54, 1.807) is 0 Å². The molecule has 0 amide bonds. The Morgan fingerprint density at radius 2 is 2.00 bits per heavy atom. The number of fused-ring (bicyclic) bond motifs is 1. The summed E-state index contributed by atoms with van der Waals surface area (Å²) in [6, 6.07) is 1.52. The first-order valence-corrected chi connectivity index (χ1v) is 7.76. The highest BCUT2D eigenvalue weighted by Gasteiger charge is 2.42. The van der Waals surface area contributed by atoms with E-state index in [-0.39, 0.29) is 5.60 Å². The first-order chi connectivity index (χ1) is 8.72. The summed E-state index contributed by atoms with van der Waals surface area (Å²) in [4.78, 5) is 5.43. The van der Waals surface area contributed by atoms with Crippen LogP contribution in [-0.4, -0.2) is 60.8 Å². The fraction of sp³-hybridized carbons (Fsp3) is 1.00. The number of piperidine rings is 1. The fourth-order valence-corrected chi connectivity index (χ4v) is 4.00. The van der Waals surface area contributed by atoms with Gasteiger partial charge in [0.1, 0.15) is 0 Å². The maximum absolute atomic E-state index is 5.81. The molecule has 1 aliphatic carbocycles. The predicted octanol–water partition coefficient (Wildman–Crippen LogP) is 2.11. The molecule has 2 heterocycles. The molecule has 1 saturated carbocycles. The maximum atomic E-state index is 5.81. The summed E-state index contributed by atoms with van der Waals surface area (Å²) in [7, 11) is 1.90. The van der Waals surface area contributed by atoms with E-state index < -0.39 is 0 Å². The Kier molecular flexibility index (Phi) is 3.65. The Morgan fingerprint density at radius 3 is 2.67 bits per heavy atom. The zero-order valence-electron chi connectivity index (χ0n) is 12.0. The minimum atomic E-state index is 0.200. The number of hydrogen-bond acceptors (Lipinski definition) is 3. The number of ether oxygens (including phenoxy) is 1. The van der Waals surface area contributed by atoms with Crippen molar-refractivity contribution in [3.63, 3.8) is 0 Å². The molecule has 0 spiro atoms. The molecule has 3 heteroatoms. The molecule has 0 aromatic heterocycles. The number of piperazine rings is 1. The summed E-state index contributed by atoms with van der Waals surface area (Å²) >= 11 is 0. The number of methoxy groups -OCH3 is 1. The van der Waals surface area contributed by atoms with E-state index in [1.165, 1.54) is 58.2 Å². The molecule has 3 rings (SSSR count). The normalized spacial score (nSPS) is 37.0. The SMILES string of the molecule is COC1(CN2CC3CCCCN3CC2C)CCC1. The van der Waals surface area contributed by atoms with Crippen molar-refractivity contribution >= 4 is 0 Å². The second kappa shape index (κ2) is 5.10. The van der Waals surface area contributed by atoms with Crippen molar-refractivity contribution in [3.8, 4) is 0 Å². The second-order valence-electron chi connectivity index (χ2n) is 6.66. The van der Waals surface area contributed by atoms with Crippen LogP contribution in [0, 0.1) is 0 Å². The van der Waals surface area contributed by atoms with Gasteiger partial charge in [-0.25, -0.2) is 0 Å². The van der Waals surface area contributed by atoms with Crippen LogP contribution in [0.1, 0.15) is 45.4 Å². The third-order valence-electron chi connectivity index (χ3n) is 5.51. The first kappa shape index (κ1) is 12.9. The molecular weight excluding hydrogens is 224 g/mol. The number of rotatable bonds is 3. The lowest BCUT2D eigenvalue weighted by Crippen LogP contribution is -2.62. The van der Waals surface area contributed by atoms with Crippen LogP contribution < -0.4 is 0 Å². The standard InChI is InChI=1S/C15H28N2O/c1-13-10-16-9-4-3-6-14(16)11-17(13)12-15(18-2)7-5-8-15/h13-14H,3-12H2,1-2H3. The van der Waals surface area contributed by atoms with Crippen molar-refractivity contribution in [2.75, 3.05) is 33.3 Å². The fourth-order valence-electron chi connectivity index (χ4n) is 4.00. The molecular formula is C15H28N2O. The monoisotopic (exact) mass is 252 g/mol. The van der Waals surface area contributed by atoms with Crippen LogP contribution in [0.2, 0.25) is 0 Å². The largest absolute Gasteiger partial charge is 0.377 e. The third-order valence-corrected chi connectivity index (χ3v) is 5.51. The highest BCUT2D eigenvalue weighted by Crippen LogP contribution is 2.37. The minimum absolute atomic E-state index is 0.200. The smallest absolute Gasteiger partial charge is 0.0805 e. The van der Waals surface area contributed by atoms with Gasteiger partial charge in [-0.3, -0.25) is 9.80 Å². The molecule has 3 nitrogen and oxygen atoms in total. The number of nitrogens with zero attached hydrogens (tertiary/aromatic N) is 2. The van der Waals surface area contributed by atoms with Gasteiger partial charge in [0.25, 0.3) is 0 Å². The van der Waals surface area contributed by atoms with Crippen molar-refractivity contribution in [2.24, 2.45) is 0 Å². The van der Waals surface area contributed by atoms with Gasteiger partial charge in [0.15, 0.2) is 0 Å². The number of hydrogen-bond donors (Lipinski definition) is 0. The van der Waals surface area contributed by atoms with Crippen LogP contribution in [0.4, 0.5) is 0 Å². The Labute approximate surface area is 111 Å². The zero-order valence-corrected chi connectivity index (χ0v) is 12.0. The van der Waals surface area contributed by atoms with Gasteiger partial charge in [-0.1, -0.05) is 6.42 Å². The Balaban J connectivity index is 1.61. The molecule has 104 valence electrons. The molecule has 3 aliphatic rings. The summed E-state index contributed by atoms with van der Waals surface area (Å²) in [5.41, 5.74) is 0.200. The first-order valence-electron chi connectivity index (χ1n) is 7.76. The Morgan fingerprint density at radius 1 is 1.17 bits per heavy atom. The Bertz CT molecular complexity index is 285. The second-order valence-corrected chi connectivity index (χ2v) is 6.66. The summed E-state index contributed by atoms with van der Waals surface area (Å²) < 4.78 is 5.81. The van der Waals surface area contributed by atoms with Gasteiger partial charge < -0.3 is 4.74 Å². The van der Waals surface area contributed by atoms with Crippen molar-refractivity contribution in [1.82, 2.24) is 9.80 Å². The van der Waals surface area contributed by atoms with E-state index in [9.17, 15) is 0 Å². The average Bonchev–Trinajstić information content (AvgIpc) is 2.34. The van der Waals surface area contributed by atoms with Crippen molar-refractivity contribution in [3.05, 3.63) is 0 Å². The van der Waals surface area contributed by atoms with Crippen LogP contribution >= 0.6 is 0 Å². The van der Waals surface area contributed by atoms with Crippen molar-refractivity contribution < 1.29 is 4.74 Å². The van der Waals surface area contributed by atoms with E-state index >= 15 is 0 Å². The van der Waals surface area contributed by atoms with Gasteiger partial charge in [-0.2, -0.15) is 0 Å². The van der Waals surface area contributed by atoms with Crippen molar-refractivity contribution in [2.45, 2.75) is 63.1 Å².